The molecule has 0 unspecified atom stereocenters. The Morgan fingerprint density at radius 2 is 1.67 bits per heavy atom. The summed E-state index contributed by atoms with van der Waals surface area (Å²) < 4.78 is 28.7. The monoisotopic (exact) mass is 494 g/mol. The lowest BCUT2D eigenvalue weighted by atomic mass is 10.0. The number of aliphatic hydroxyl groups excluding tert-OH is 1. The minimum atomic E-state index is -0.795. The molecule has 1 aliphatic rings. The molecule has 1 aromatic heterocycles. The highest BCUT2D eigenvalue weighted by atomic mass is 16.6. The molecule has 0 saturated heterocycles. The molecular formula is C26H22O10. The van der Waals surface area contributed by atoms with Crippen LogP contribution in [0.2, 0.25) is 0 Å². The summed E-state index contributed by atoms with van der Waals surface area (Å²) in [6.45, 7) is -0.370. The van der Waals surface area contributed by atoms with Gasteiger partial charge in [-0.2, -0.15) is 0 Å². The molecule has 36 heavy (non-hydrogen) atoms. The first-order valence-electron chi connectivity index (χ1n) is 10.9. The van der Waals surface area contributed by atoms with Crippen molar-refractivity contribution < 1.29 is 43.8 Å². The maximum absolute atomic E-state index is 12.7. The summed E-state index contributed by atoms with van der Waals surface area (Å²) in [7, 11) is 2.85. The topological polar surface area (TPSA) is 148 Å². The Morgan fingerprint density at radius 3 is 2.39 bits per heavy atom. The molecule has 4 aromatic rings. The lowest BCUT2D eigenvalue weighted by molar-refractivity contribution is -0.0141. The van der Waals surface area contributed by atoms with Gasteiger partial charge >= 0.3 is 0 Å². The second-order valence-corrected chi connectivity index (χ2v) is 8.13. The van der Waals surface area contributed by atoms with Crippen molar-refractivity contribution in [2.75, 3.05) is 20.8 Å². The number of fused-ring (bicyclic) bond motifs is 2. The zero-order chi connectivity index (χ0) is 25.6. The predicted octanol–water partition coefficient (Wildman–Crippen LogP) is 3.47. The molecule has 10 heteroatoms. The number of aromatic hydroxyl groups is 3. The number of methoxy groups -OCH3 is 2. The van der Waals surface area contributed by atoms with Crippen molar-refractivity contribution in [2.45, 2.75) is 12.2 Å². The van der Waals surface area contributed by atoms with Crippen LogP contribution in [-0.2, 0) is 0 Å². The van der Waals surface area contributed by atoms with Crippen molar-refractivity contribution in [3.05, 3.63) is 64.3 Å². The van der Waals surface area contributed by atoms with Crippen LogP contribution in [0.4, 0.5) is 0 Å². The highest BCUT2D eigenvalue weighted by Crippen LogP contribution is 2.48. The van der Waals surface area contributed by atoms with E-state index in [-0.39, 0.29) is 57.8 Å². The van der Waals surface area contributed by atoms with Gasteiger partial charge in [0.2, 0.25) is 5.75 Å². The molecule has 0 fully saturated rings. The third-order valence-electron chi connectivity index (χ3n) is 5.89. The van der Waals surface area contributed by atoms with Crippen LogP contribution >= 0.6 is 0 Å². The Morgan fingerprint density at radius 1 is 0.889 bits per heavy atom. The minimum absolute atomic E-state index is 0.00161. The van der Waals surface area contributed by atoms with Crippen molar-refractivity contribution in [1.29, 1.82) is 0 Å². The van der Waals surface area contributed by atoms with Gasteiger partial charge in [0.25, 0.3) is 0 Å². The van der Waals surface area contributed by atoms with Gasteiger partial charge in [0.15, 0.2) is 40.6 Å². The van der Waals surface area contributed by atoms with Crippen LogP contribution in [0.5, 0.6) is 40.2 Å². The van der Waals surface area contributed by atoms with Gasteiger partial charge in [-0.15, -0.1) is 0 Å². The van der Waals surface area contributed by atoms with E-state index in [1.54, 1.807) is 24.3 Å². The molecule has 186 valence electrons. The first-order valence-corrected chi connectivity index (χ1v) is 10.9. The van der Waals surface area contributed by atoms with Gasteiger partial charge in [-0.1, -0.05) is 6.07 Å². The molecule has 1 aliphatic heterocycles. The number of phenolic OH excluding ortho intramolecular Hbond substituents is 3. The molecular weight excluding hydrogens is 472 g/mol. The van der Waals surface area contributed by atoms with Gasteiger partial charge in [0, 0.05) is 29.3 Å². The molecule has 0 radical (unpaired) electrons. The van der Waals surface area contributed by atoms with Crippen molar-refractivity contribution in [3.8, 4) is 51.6 Å². The maximum Gasteiger partial charge on any atom is 0.204 e. The summed E-state index contributed by atoms with van der Waals surface area (Å²) >= 11 is 0. The summed E-state index contributed by atoms with van der Waals surface area (Å²) in [6.07, 6.45) is -1.56. The van der Waals surface area contributed by atoms with Gasteiger partial charge in [0.05, 0.1) is 20.8 Å². The summed E-state index contributed by atoms with van der Waals surface area (Å²) in [5, 5.41) is 39.7. The van der Waals surface area contributed by atoms with E-state index < -0.39 is 23.4 Å². The standard InChI is InChI=1S/C26H22O10/c1-32-19-5-12(3-4-15(19)29)25-23(11-27)36-26-21(33-2)6-13(7-22(26)35-25)18-10-17(31)24-16(30)8-14(28)9-20(24)34-18/h3-10,23,25,27-30H,11H2,1-2H3/t23-,25+/m1/s1. The van der Waals surface area contributed by atoms with Crippen molar-refractivity contribution in [1.82, 2.24) is 0 Å². The van der Waals surface area contributed by atoms with E-state index in [1.807, 2.05) is 0 Å². The minimum Gasteiger partial charge on any atom is -0.508 e. The fourth-order valence-corrected chi connectivity index (χ4v) is 4.18. The molecule has 0 saturated carbocycles. The first kappa shape index (κ1) is 23.2. The number of ether oxygens (including phenoxy) is 4. The zero-order valence-electron chi connectivity index (χ0n) is 19.2. The summed E-state index contributed by atoms with van der Waals surface area (Å²) in [5.74, 6) is 0.432. The Hall–Kier alpha value is -4.57. The SMILES string of the molecule is COc1cc([C@@H]2Oc3cc(-c4cc(=O)c5c(O)cc(O)cc5o4)cc(OC)c3O[C@@H]2CO)ccc1O. The van der Waals surface area contributed by atoms with Crippen LogP contribution in [0, 0.1) is 0 Å². The molecule has 2 heterocycles. The van der Waals surface area contributed by atoms with E-state index in [9.17, 15) is 25.2 Å². The highest BCUT2D eigenvalue weighted by molar-refractivity contribution is 5.86. The van der Waals surface area contributed by atoms with Crippen LogP contribution in [0.15, 0.2) is 57.7 Å². The summed E-state index contributed by atoms with van der Waals surface area (Å²) in [4.78, 5) is 12.7. The second kappa shape index (κ2) is 8.90. The molecule has 4 N–H and O–H groups in total. The van der Waals surface area contributed by atoms with E-state index in [1.165, 1.54) is 32.4 Å². The Balaban J connectivity index is 1.62. The van der Waals surface area contributed by atoms with Crippen molar-refractivity contribution >= 4 is 11.0 Å². The fourth-order valence-electron chi connectivity index (χ4n) is 4.18. The molecule has 0 spiro atoms. The molecule has 3 aromatic carbocycles. The Labute approximate surface area is 204 Å². The second-order valence-electron chi connectivity index (χ2n) is 8.13. The largest absolute Gasteiger partial charge is 0.508 e. The van der Waals surface area contributed by atoms with E-state index in [0.29, 0.717) is 11.1 Å². The molecule has 5 rings (SSSR count). The quantitative estimate of drug-likeness (QED) is 0.325. The number of hydrogen-bond donors (Lipinski definition) is 4. The lowest BCUT2D eigenvalue weighted by Gasteiger charge is -2.34. The van der Waals surface area contributed by atoms with Crippen LogP contribution in [0.1, 0.15) is 11.7 Å². The number of benzene rings is 3. The number of rotatable bonds is 5. The molecule has 0 bridgehead atoms. The van der Waals surface area contributed by atoms with E-state index in [0.717, 1.165) is 6.07 Å². The summed E-state index contributed by atoms with van der Waals surface area (Å²) in [6, 6.07) is 11.3. The smallest absolute Gasteiger partial charge is 0.204 e. The van der Waals surface area contributed by atoms with Gasteiger partial charge in [0.1, 0.15) is 28.2 Å². The van der Waals surface area contributed by atoms with E-state index in [4.69, 9.17) is 23.4 Å². The fraction of sp³-hybridized carbons (Fsp3) is 0.192. The van der Waals surface area contributed by atoms with Gasteiger partial charge < -0.3 is 43.8 Å². The van der Waals surface area contributed by atoms with Crippen molar-refractivity contribution in [2.24, 2.45) is 0 Å². The molecule has 0 amide bonds. The van der Waals surface area contributed by atoms with E-state index >= 15 is 0 Å². The molecule has 0 aliphatic carbocycles. The van der Waals surface area contributed by atoms with Crippen LogP contribution in [0.3, 0.4) is 0 Å². The normalized spacial score (nSPS) is 16.6. The molecule has 10 nitrogen and oxygen atoms in total. The zero-order valence-corrected chi connectivity index (χ0v) is 19.2. The highest BCUT2D eigenvalue weighted by Gasteiger charge is 2.35. The van der Waals surface area contributed by atoms with Gasteiger partial charge in [-0.05, 0) is 24.3 Å². The number of phenols is 3. The third kappa shape index (κ3) is 3.87. The average Bonchev–Trinajstić information content (AvgIpc) is 2.86. The maximum atomic E-state index is 12.7. The van der Waals surface area contributed by atoms with Crippen LogP contribution in [-0.4, -0.2) is 47.4 Å². The van der Waals surface area contributed by atoms with E-state index in [2.05, 4.69) is 0 Å². The third-order valence-corrected chi connectivity index (χ3v) is 5.89. The summed E-state index contributed by atoms with van der Waals surface area (Å²) in [5.41, 5.74) is 0.479. The predicted molar refractivity (Wildman–Crippen MR) is 127 cm³/mol. The van der Waals surface area contributed by atoms with Gasteiger partial charge in [-0.3, -0.25) is 4.79 Å². The number of hydrogen-bond acceptors (Lipinski definition) is 10. The molecule has 2 atom stereocenters. The van der Waals surface area contributed by atoms with Crippen LogP contribution < -0.4 is 24.4 Å². The Kier molecular flexibility index (Phi) is 5.73. The Bertz CT molecular complexity index is 1520. The van der Waals surface area contributed by atoms with Crippen LogP contribution in [0.25, 0.3) is 22.3 Å². The first-order chi connectivity index (χ1) is 17.3. The lowest BCUT2D eigenvalue weighted by Crippen LogP contribution is -2.36. The van der Waals surface area contributed by atoms with Gasteiger partial charge in [-0.25, -0.2) is 0 Å². The van der Waals surface area contributed by atoms with Crippen molar-refractivity contribution in [3.63, 3.8) is 0 Å². The number of aliphatic hydroxyl groups is 1. The average molecular weight is 494 g/mol.